The number of carbonyl (C=O) groups is 3. The van der Waals surface area contributed by atoms with Gasteiger partial charge in [-0.05, 0) is 28.2 Å². The highest BCUT2D eigenvalue weighted by molar-refractivity contribution is 6.01. The number of rotatable bonds is 5. The molecule has 2 unspecified atom stereocenters. The number of carboxylic acids is 1. The topological polar surface area (TPSA) is 95.5 Å². The number of carboxylic acid groups (broad SMARTS) is 1. The van der Waals surface area contributed by atoms with E-state index in [-0.39, 0.29) is 30.1 Å². The lowest BCUT2D eigenvalue weighted by Gasteiger charge is -2.27. The number of anilines is 1. The van der Waals surface area contributed by atoms with E-state index in [1.807, 2.05) is 36.4 Å². The molecule has 29 heavy (non-hydrogen) atoms. The molecule has 3 rings (SSSR count). The zero-order valence-electron chi connectivity index (χ0n) is 16.9. The zero-order chi connectivity index (χ0) is 21.2. The van der Waals surface area contributed by atoms with Crippen molar-refractivity contribution in [2.45, 2.75) is 51.0 Å². The normalized spacial score (nSPS) is 17.1. The quantitative estimate of drug-likeness (QED) is 0.720. The second kappa shape index (κ2) is 8.07. The SMILES string of the molecule is CC(C)(C)c1ccc(C(CC(=O)O)NC(=O)C2CC(=O)Nc3ccccc32)cc1. The number of hydrogen-bond donors (Lipinski definition) is 3. The lowest BCUT2D eigenvalue weighted by Crippen LogP contribution is -2.37. The van der Waals surface area contributed by atoms with Gasteiger partial charge in [0.05, 0.1) is 18.4 Å². The summed E-state index contributed by atoms with van der Waals surface area (Å²) in [5.74, 6) is -2.23. The summed E-state index contributed by atoms with van der Waals surface area (Å²) in [5.41, 5.74) is 3.18. The van der Waals surface area contributed by atoms with Crippen LogP contribution in [-0.2, 0) is 19.8 Å². The molecule has 2 aromatic rings. The van der Waals surface area contributed by atoms with Crippen molar-refractivity contribution in [3.05, 3.63) is 65.2 Å². The Morgan fingerprint density at radius 3 is 2.41 bits per heavy atom. The van der Waals surface area contributed by atoms with Gasteiger partial charge in [-0.1, -0.05) is 63.2 Å². The summed E-state index contributed by atoms with van der Waals surface area (Å²) in [6.07, 6.45) is -0.202. The number of amides is 2. The van der Waals surface area contributed by atoms with Gasteiger partial charge >= 0.3 is 5.97 Å². The highest BCUT2D eigenvalue weighted by atomic mass is 16.4. The molecule has 0 saturated heterocycles. The molecular formula is C23H26N2O4. The first-order valence-corrected chi connectivity index (χ1v) is 9.66. The third kappa shape index (κ3) is 4.83. The van der Waals surface area contributed by atoms with Crippen molar-refractivity contribution < 1.29 is 19.5 Å². The maximum atomic E-state index is 13.0. The van der Waals surface area contributed by atoms with E-state index in [9.17, 15) is 19.5 Å². The molecule has 2 atom stereocenters. The minimum atomic E-state index is -1.00. The molecule has 0 radical (unpaired) electrons. The Balaban J connectivity index is 1.85. The van der Waals surface area contributed by atoms with Crippen molar-refractivity contribution in [1.82, 2.24) is 5.32 Å². The van der Waals surface area contributed by atoms with Crippen molar-refractivity contribution in [1.29, 1.82) is 0 Å². The molecule has 152 valence electrons. The van der Waals surface area contributed by atoms with Crippen LogP contribution >= 0.6 is 0 Å². The second-order valence-corrected chi connectivity index (χ2v) is 8.42. The molecule has 2 aromatic carbocycles. The molecule has 1 aliphatic rings. The number of nitrogens with one attached hydrogen (secondary N) is 2. The first kappa shape index (κ1) is 20.6. The number of aliphatic carboxylic acids is 1. The summed E-state index contributed by atoms with van der Waals surface area (Å²) in [6.45, 7) is 6.30. The van der Waals surface area contributed by atoms with Gasteiger partial charge in [-0.3, -0.25) is 14.4 Å². The van der Waals surface area contributed by atoms with Crippen molar-refractivity contribution in [3.63, 3.8) is 0 Å². The monoisotopic (exact) mass is 394 g/mol. The van der Waals surface area contributed by atoms with Gasteiger partial charge in [-0.15, -0.1) is 0 Å². The van der Waals surface area contributed by atoms with Crippen molar-refractivity contribution >= 4 is 23.5 Å². The molecule has 1 heterocycles. The van der Waals surface area contributed by atoms with Crippen LogP contribution in [0.4, 0.5) is 5.69 Å². The second-order valence-electron chi connectivity index (χ2n) is 8.42. The average Bonchev–Trinajstić information content (AvgIpc) is 2.65. The van der Waals surface area contributed by atoms with E-state index in [0.717, 1.165) is 16.7 Å². The number of carbonyl (C=O) groups excluding carboxylic acids is 2. The maximum Gasteiger partial charge on any atom is 0.305 e. The van der Waals surface area contributed by atoms with E-state index in [2.05, 4.69) is 31.4 Å². The Morgan fingerprint density at radius 1 is 1.14 bits per heavy atom. The number of para-hydroxylation sites is 1. The highest BCUT2D eigenvalue weighted by Crippen LogP contribution is 2.33. The molecule has 0 fully saturated rings. The Kier molecular flexibility index (Phi) is 5.73. The van der Waals surface area contributed by atoms with Crippen LogP contribution in [0.25, 0.3) is 0 Å². The fraction of sp³-hybridized carbons (Fsp3) is 0.348. The van der Waals surface area contributed by atoms with E-state index in [4.69, 9.17) is 0 Å². The predicted molar refractivity (Wildman–Crippen MR) is 111 cm³/mol. The van der Waals surface area contributed by atoms with E-state index in [1.54, 1.807) is 12.1 Å². The molecule has 0 bridgehead atoms. The standard InChI is InChI=1S/C23H26N2O4/c1-23(2,3)15-10-8-14(9-11-15)19(13-21(27)28)25-22(29)17-12-20(26)24-18-7-5-4-6-16(17)18/h4-11,17,19H,12-13H2,1-3H3,(H,24,26)(H,25,29)(H,27,28). The van der Waals surface area contributed by atoms with E-state index >= 15 is 0 Å². The van der Waals surface area contributed by atoms with Crippen LogP contribution in [0.5, 0.6) is 0 Å². The number of fused-ring (bicyclic) bond motifs is 1. The summed E-state index contributed by atoms with van der Waals surface area (Å²) in [5, 5.41) is 15.0. The summed E-state index contributed by atoms with van der Waals surface area (Å²) >= 11 is 0. The summed E-state index contributed by atoms with van der Waals surface area (Å²) in [6, 6.07) is 14.1. The van der Waals surface area contributed by atoms with Crippen molar-refractivity contribution in [3.8, 4) is 0 Å². The highest BCUT2D eigenvalue weighted by Gasteiger charge is 2.32. The first-order valence-electron chi connectivity index (χ1n) is 9.66. The molecule has 3 N–H and O–H groups in total. The molecule has 2 amide bonds. The molecular weight excluding hydrogens is 368 g/mol. The first-order chi connectivity index (χ1) is 13.6. The molecule has 1 aliphatic heterocycles. The van der Waals surface area contributed by atoms with Crippen LogP contribution < -0.4 is 10.6 Å². The van der Waals surface area contributed by atoms with Gasteiger partial charge in [0.2, 0.25) is 11.8 Å². The number of benzene rings is 2. The Bertz CT molecular complexity index is 929. The fourth-order valence-corrected chi connectivity index (χ4v) is 3.56. The molecule has 0 saturated carbocycles. The molecule has 0 aliphatic carbocycles. The third-order valence-corrected chi connectivity index (χ3v) is 5.19. The minimum absolute atomic E-state index is 0.0246. The minimum Gasteiger partial charge on any atom is -0.481 e. The van der Waals surface area contributed by atoms with Crippen LogP contribution in [-0.4, -0.2) is 22.9 Å². The summed E-state index contributed by atoms with van der Waals surface area (Å²) < 4.78 is 0. The Hall–Kier alpha value is -3.15. The van der Waals surface area contributed by atoms with Crippen LogP contribution in [0.2, 0.25) is 0 Å². The smallest absolute Gasteiger partial charge is 0.305 e. The maximum absolute atomic E-state index is 13.0. The third-order valence-electron chi connectivity index (χ3n) is 5.19. The lowest BCUT2D eigenvalue weighted by atomic mass is 9.86. The molecule has 0 spiro atoms. The predicted octanol–water partition coefficient (Wildman–Crippen LogP) is 3.74. The van der Waals surface area contributed by atoms with Crippen LogP contribution in [0.1, 0.15) is 62.3 Å². The van der Waals surface area contributed by atoms with Crippen LogP contribution in [0.3, 0.4) is 0 Å². The molecule has 6 nitrogen and oxygen atoms in total. The summed E-state index contributed by atoms with van der Waals surface area (Å²) in [4.78, 5) is 36.4. The van der Waals surface area contributed by atoms with Crippen molar-refractivity contribution in [2.24, 2.45) is 0 Å². The van der Waals surface area contributed by atoms with Gasteiger partial charge in [-0.25, -0.2) is 0 Å². The lowest BCUT2D eigenvalue weighted by molar-refractivity contribution is -0.138. The van der Waals surface area contributed by atoms with Gasteiger partial charge in [0.25, 0.3) is 0 Å². The van der Waals surface area contributed by atoms with E-state index in [1.165, 1.54) is 0 Å². The number of hydrogen-bond acceptors (Lipinski definition) is 3. The summed E-state index contributed by atoms with van der Waals surface area (Å²) in [7, 11) is 0. The Labute approximate surface area is 170 Å². The van der Waals surface area contributed by atoms with E-state index in [0.29, 0.717) is 5.69 Å². The van der Waals surface area contributed by atoms with E-state index < -0.39 is 17.9 Å². The zero-order valence-corrected chi connectivity index (χ0v) is 16.9. The Morgan fingerprint density at radius 2 is 1.79 bits per heavy atom. The van der Waals surface area contributed by atoms with Gasteiger partial charge in [0.1, 0.15) is 0 Å². The van der Waals surface area contributed by atoms with Crippen LogP contribution in [0, 0.1) is 0 Å². The molecule has 6 heteroatoms. The average molecular weight is 394 g/mol. The van der Waals surface area contributed by atoms with Gasteiger partial charge < -0.3 is 15.7 Å². The van der Waals surface area contributed by atoms with Gasteiger partial charge in [0, 0.05) is 12.1 Å². The van der Waals surface area contributed by atoms with Crippen LogP contribution in [0.15, 0.2) is 48.5 Å². The van der Waals surface area contributed by atoms with Crippen molar-refractivity contribution in [2.75, 3.05) is 5.32 Å². The van der Waals surface area contributed by atoms with Gasteiger partial charge in [-0.2, -0.15) is 0 Å². The fourth-order valence-electron chi connectivity index (χ4n) is 3.56. The molecule has 0 aromatic heterocycles. The van der Waals surface area contributed by atoms with Gasteiger partial charge in [0.15, 0.2) is 0 Å². The largest absolute Gasteiger partial charge is 0.481 e.